The molecule has 5 aliphatic carbocycles. The number of hydrogen-bond acceptors (Lipinski definition) is 4. The van der Waals surface area contributed by atoms with Gasteiger partial charge in [0.05, 0.1) is 9.79 Å². The molecule has 5 fully saturated rings. The second-order valence-electron chi connectivity index (χ2n) is 12.5. The molecule has 0 spiro atoms. The fourth-order valence-electron chi connectivity index (χ4n) is 9.96. The SMILES string of the molecule is O=S(=O)(c1ccccc1)C1(S(=O)(=O)c2ccccc2)C[C@H]2[C@H](c3ccccc3)[C@@]2(C2[C@@H]3[C@H]4CC[C@H](C4)[C@H]23)C1. The van der Waals surface area contributed by atoms with Gasteiger partial charge in [-0.25, -0.2) is 16.8 Å². The summed E-state index contributed by atoms with van der Waals surface area (Å²) in [5, 5.41) is 0. The summed E-state index contributed by atoms with van der Waals surface area (Å²) in [6.45, 7) is 0. The van der Waals surface area contributed by atoms with Gasteiger partial charge in [0, 0.05) is 0 Å². The van der Waals surface area contributed by atoms with E-state index in [2.05, 4.69) is 24.3 Å². The molecule has 0 heterocycles. The third-order valence-corrected chi connectivity index (χ3v) is 17.0. The maximum Gasteiger partial charge on any atom is 0.198 e. The third kappa shape index (κ3) is 2.76. The van der Waals surface area contributed by atoms with Crippen molar-refractivity contribution in [2.75, 3.05) is 0 Å². The summed E-state index contributed by atoms with van der Waals surface area (Å²) >= 11 is 0. The molecule has 3 aromatic carbocycles. The van der Waals surface area contributed by atoms with Gasteiger partial charge in [0.1, 0.15) is 0 Å². The van der Waals surface area contributed by atoms with Crippen molar-refractivity contribution in [1.82, 2.24) is 0 Å². The molecule has 1 unspecified atom stereocenters. The van der Waals surface area contributed by atoms with Crippen LogP contribution in [0.4, 0.5) is 0 Å². The Balaban J connectivity index is 1.31. The fourth-order valence-corrected chi connectivity index (χ4v) is 15.3. The molecule has 8 rings (SSSR count). The van der Waals surface area contributed by atoms with Gasteiger partial charge in [-0.1, -0.05) is 66.7 Å². The monoisotopic (exact) mass is 544 g/mol. The van der Waals surface area contributed by atoms with E-state index in [9.17, 15) is 16.8 Å². The van der Waals surface area contributed by atoms with Crippen molar-refractivity contribution >= 4 is 19.7 Å². The summed E-state index contributed by atoms with van der Waals surface area (Å²) in [5.74, 6) is 3.55. The molecular formula is C32H32O4S2. The molecule has 0 amide bonds. The Bertz CT molecular complexity index is 1530. The predicted octanol–water partition coefficient (Wildman–Crippen LogP) is 6.12. The third-order valence-electron chi connectivity index (χ3n) is 11.3. The number of sulfone groups is 2. The van der Waals surface area contributed by atoms with Crippen LogP contribution in [0.2, 0.25) is 0 Å². The van der Waals surface area contributed by atoms with Crippen molar-refractivity contribution in [3.8, 4) is 0 Å². The molecule has 5 saturated carbocycles. The van der Waals surface area contributed by atoms with Crippen LogP contribution >= 0.6 is 0 Å². The van der Waals surface area contributed by atoms with E-state index in [0.29, 0.717) is 17.8 Å². The molecule has 0 N–H and O–H groups in total. The van der Waals surface area contributed by atoms with Crippen LogP contribution in [0.1, 0.15) is 43.6 Å². The fraction of sp³-hybridized carbons (Fsp3) is 0.438. The summed E-state index contributed by atoms with van der Waals surface area (Å²) in [5.41, 5.74) is 0.986. The van der Waals surface area contributed by atoms with E-state index in [0.717, 1.165) is 11.8 Å². The summed E-state index contributed by atoms with van der Waals surface area (Å²) in [6.07, 6.45) is 4.27. The van der Waals surface area contributed by atoms with Crippen LogP contribution in [0.15, 0.2) is 101 Å². The zero-order valence-corrected chi connectivity index (χ0v) is 22.8. The Hall–Kier alpha value is -2.44. The molecule has 6 heteroatoms. The Morgan fingerprint density at radius 3 is 1.61 bits per heavy atom. The van der Waals surface area contributed by atoms with E-state index < -0.39 is 23.8 Å². The molecule has 4 nitrogen and oxygen atoms in total. The number of hydrogen-bond donors (Lipinski definition) is 0. The molecule has 0 radical (unpaired) electrons. The Morgan fingerprint density at radius 2 is 1.11 bits per heavy atom. The molecule has 196 valence electrons. The molecule has 5 aliphatic rings. The highest BCUT2D eigenvalue weighted by atomic mass is 32.3. The van der Waals surface area contributed by atoms with E-state index in [1.165, 1.54) is 24.8 Å². The smallest absolute Gasteiger partial charge is 0.198 e. The first-order valence-corrected chi connectivity index (χ1v) is 16.9. The molecule has 0 aliphatic heterocycles. The van der Waals surface area contributed by atoms with Crippen LogP contribution in [0.25, 0.3) is 0 Å². The Labute approximate surface area is 225 Å². The van der Waals surface area contributed by atoms with Crippen LogP contribution in [0.3, 0.4) is 0 Å². The minimum atomic E-state index is -4.18. The molecule has 38 heavy (non-hydrogen) atoms. The average molecular weight is 545 g/mol. The first-order chi connectivity index (χ1) is 18.3. The highest BCUT2D eigenvalue weighted by Crippen LogP contribution is 2.89. The zero-order valence-electron chi connectivity index (χ0n) is 21.2. The lowest BCUT2D eigenvalue weighted by atomic mass is 9.84. The minimum Gasteiger partial charge on any atom is -0.222 e. The second kappa shape index (κ2) is 7.60. The lowest BCUT2D eigenvalue weighted by Crippen LogP contribution is -2.46. The van der Waals surface area contributed by atoms with Crippen LogP contribution < -0.4 is 0 Å². The predicted molar refractivity (Wildman–Crippen MR) is 146 cm³/mol. The van der Waals surface area contributed by atoms with E-state index in [1.54, 1.807) is 60.7 Å². The van der Waals surface area contributed by atoms with E-state index >= 15 is 0 Å². The van der Waals surface area contributed by atoms with Gasteiger partial charge in [0.15, 0.2) is 23.8 Å². The van der Waals surface area contributed by atoms with Gasteiger partial charge in [-0.2, -0.15) is 0 Å². The second-order valence-corrected chi connectivity index (χ2v) is 17.3. The lowest BCUT2D eigenvalue weighted by Gasteiger charge is -2.34. The first-order valence-electron chi connectivity index (χ1n) is 14.0. The van der Waals surface area contributed by atoms with Crippen LogP contribution in [0, 0.1) is 40.9 Å². The van der Waals surface area contributed by atoms with Crippen molar-refractivity contribution in [3.05, 3.63) is 96.6 Å². The molecular weight excluding hydrogens is 512 g/mol. The zero-order chi connectivity index (χ0) is 25.9. The Kier molecular flexibility index (Phi) is 4.69. The number of benzene rings is 3. The van der Waals surface area contributed by atoms with Crippen molar-refractivity contribution in [3.63, 3.8) is 0 Å². The largest absolute Gasteiger partial charge is 0.222 e. The lowest BCUT2D eigenvalue weighted by molar-refractivity contribution is 0.305. The highest BCUT2D eigenvalue weighted by Gasteiger charge is 2.86. The van der Waals surface area contributed by atoms with Gasteiger partial charge < -0.3 is 0 Å². The van der Waals surface area contributed by atoms with E-state index in [1.807, 2.05) is 6.07 Å². The number of rotatable bonds is 6. The van der Waals surface area contributed by atoms with Gasteiger partial charge in [-0.3, -0.25) is 0 Å². The average Bonchev–Trinajstić information content (AvgIpc) is 3.62. The van der Waals surface area contributed by atoms with Crippen LogP contribution in [-0.4, -0.2) is 20.9 Å². The maximum atomic E-state index is 14.6. The summed E-state index contributed by atoms with van der Waals surface area (Å²) in [4.78, 5) is 0.228. The van der Waals surface area contributed by atoms with Crippen LogP contribution in [0.5, 0.6) is 0 Å². The summed E-state index contributed by atoms with van der Waals surface area (Å²) in [6, 6.07) is 27.0. The number of fused-ring (bicyclic) bond motifs is 6. The van der Waals surface area contributed by atoms with Gasteiger partial charge >= 0.3 is 0 Å². The van der Waals surface area contributed by atoms with Gasteiger partial charge in [-0.05, 0) is 109 Å². The molecule has 8 atom stereocenters. The van der Waals surface area contributed by atoms with Crippen molar-refractivity contribution in [1.29, 1.82) is 0 Å². The van der Waals surface area contributed by atoms with E-state index in [4.69, 9.17) is 0 Å². The minimum absolute atomic E-state index is 0.0666. The van der Waals surface area contributed by atoms with Crippen molar-refractivity contribution in [2.24, 2.45) is 40.9 Å². The first kappa shape index (κ1) is 23.4. The van der Waals surface area contributed by atoms with Gasteiger partial charge in [-0.15, -0.1) is 0 Å². The topological polar surface area (TPSA) is 68.3 Å². The highest BCUT2D eigenvalue weighted by molar-refractivity contribution is 8.10. The molecule has 0 aromatic heterocycles. The maximum absolute atomic E-state index is 14.6. The molecule has 3 aromatic rings. The van der Waals surface area contributed by atoms with Crippen molar-refractivity contribution in [2.45, 2.75) is 51.9 Å². The summed E-state index contributed by atoms with van der Waals surface area (Å²) < 4.78 is 56.5. The standard InChI is InChI=1S/C32H32O4S2/c33-37(34,24-12-6-2-7-13-24)31(38(35,36)25-14-8-3-9-15-25)19-26-29(21-10-4-1-5-11-21)32(26,20-31)30-27-22-16-17-23(18-22)28(27)30/h1-15,22-23,26-30H,16-20H2/t22-,23+,26-,27+,28-,29-,30?,32+/m0/s1. The van der Waals surface area contributed by atoms with Gasteiger partial charge in [0.2, 0.25) is 0 Å². The quantitative estimate of drug-likeness (QED) is 0.375. The van der Waals surface area contributed by atoms with Crippen molar-refractivity contribution < 1.29 is 16.8 Å². The van der Waals surface area contributed by atoms with E-state index in [-0.39, 0.29) is 39.9 Å². The molecule has 0 saturated heterocycles. The molecule has 2 bridgehead atoms. The Morgan fingerprint density at radius 1 is 0.632 bits per heavy atom. The summed E-state index contributed by atoms with van der Waals surface area (Å²) in [7, 11) is -8.36. The van der Waals surface area contributed by atoms with Gasteiger partial charge in [0.25, 0.3) is 0 Å². The normalized spacial score (nSPS) is 37.9. The van der Waals surface area contributed by atoms with Crippen LogP contribution in [-0.2, 0) is 19.7 Å².